The highest BCUT2D eigenvalue weighted by atomic mass is 16.5. The van der Waals surface area contributed by atoms with Gasteiger partial charge >= 0.3 is 0 Å². The Balaban J connectivity index is 3.36. The molecule has 0 aromatic heterocycles. The molecule has 94 valence electrons. The van der Waals surface area contributed by atoms with Crippen LogP contribution in [-0.4, -0.2) is 31.9 Å². The summed E-state index contributed by atoms with van der Waals surface area (Å²) in [6, 6.07) is 3.79. The SMILES string of the molecule is COc1cc(C)c(C)cc1C(C(C)=O)N(C)C. The Labute approximate surface area is 103 Å². The Morgan fingerprint density at radius 2 is 1.76 bits per heavy atom. The van der Waals surface area contributed by atoms with Gasteiger partial charge in [-0.05, 0) is 52.1 Å². The highest BCUT2D eigenvalue weighted by molar-refractivity contribution is 5.83. The van der Waals surface area contributed by atoms with Crippen molar-refractivity contribution in [2.75, 3.05) is 21.2 Å². The Kier molecular flexibility index (Phi) is 4.29. The van der Waals surface area contributed by atoms with E-state index >= 15 is 0 Å². The lowest BCUT2D eigenvalue weighted by atomic mass is 9.97. The van der Waals surface area contributed by atoms with E-state index in [0.717, 1.165) is 11.3 Å². The van der Waals surface area contributed by atoms with Crippen LogP contribution in [0.4, 0.5) is 0 Å². The minimum absolute atomic E-state index is 0.122. The molecule has 0 amide bonds. The molecule has 0 aliphatic carbocycles. The first kappa shape index (κ1) is 13.7. The van der Waals surface area contributed by atoms with E-state index < -0.39 is 0 Å². The van der Waals surface area contributed by atoms with Gasteiger partial charge in [0.25, 0.3) is 0 Å². The van der Waals surface area contributed by atoms with Crippen LogP contribution in [0.3, 0.4) is 0 Å². The monoisotopic (exact) mass is 235 g/mol. The van der Waals surface area contributed by atoms with Crippen molar-refractivity contribution in [3.63, 3.8) is 0 Å². The molecule has 0 N–H and O–H groups in total. The maximum Gasteiger partial charge on any atom is 0.151 e. The fourth-order valence-corrected chi connectivity index (χ4v) is 2.06. The van der Waals surface area contributed by atoms with E-state index in [1.54, 1.807) is 14.0 Å². The van der Waals surface area contributed by atoms with Gasteiger partial charge in [0.2, 0.25) is 0 Å². The second kappa shape index (κ2) is 5.32. The van der Waals surface area contributed by atoms with Crippen molar-refractivity contribution in [3.05, 3.63) is 28.8 Å². The van der Waals surface area contributed by atoms with Crippen molar-refractivity contribution in [2.24, 2.45) is 0 Å². The third-order valence-electron chi connectivity index (χ3n) is 3.04. The molecular formula is C14H21NO2. The third kappa shape index (κ3) is 2.86. The topological polar surface area (TPSA) is 29.5 Å². The number of carbonyl (C=O) groups is 1. The first-order chi connectivity index (χ1) is 7.88. The maximum atomic E-state index is 11.8. The van der Waals surface area contributed by atoms with Crippen LogP contribution < -0.4 is 4.74 Å². The van der Waals surface area contributed by atoms with Crippen molar-refractivity contribution in [1.29, 1.82) is 0 Å². The van der Waals surface area contributed by atoms with Gasteiger partial charge in [0.05, 0.1) is 13.2 Å². The number of aryl methyl sites for hydroxylation is 2. The largest absolute Gasteiger partial charge is 0.496 e. The number of Topliss-reactive ketones (excluding diaryl/α,β-unsaturated/α-hetero) is 1. The zero-order valence-corrected chi connectivity index (χ0v) is 11.5. The molecule has 0 fully saturated rings. The molecule has 0 spiro atoms. The molecule has 17 heavy (non-hydrogen) atoms. The van der Waals surface area contributed by atoms with Gasteiger partial charge in [0, 0.05) is 5.56 Å². The second-order valence-corrected chi connectivity index (χ2v) is 4.66. The van der Waals surface area contributed by atoms with Gasteiger partial charge in [0.1, 0.15) is 5.75 Å². The first-order valence-corrected chi connectivity index (χ1v) is 5.70. The van der Waals surface area contributed by atoms with Crippen LogP contribution in [0.25, 0.3) is 0 Å². The number of benzene rings is 1. The number of likely N-dealkylation sites (N-methyl/N-ethyl adjacent to an activating group) is 1. The van der Waals surface area contributed by atoms with Gasteiger partial charge in [-0.2, -0.15) is 0 Å². The van der Waals surface area contributed by atoms with Gasteiger partial charge in [-0.1, -0.05) is 6.07 Å². The van der Waals surface area contributed by atoms with Crippen molar-refractivity contribution in [2.45, 2.75) is 26.8 Å². The molecule has 1 aromatic rings. The average Bonchev–Trinajstić information content (AvgIpc) is 2.22. The van der Waals surface area contributed by atoms with Gasteiger partial charge in [-0.25, -0.2) is 0 Å². The number of carbonyl (C=O) groups excluding carboxylic acids is 1. The van der Waals surface area contributed by atoms with Crippen LogP contribution in [0, 0.1) is 13.8 Å². The van der Waals surface area contributed by atoms with E-state index in [0.29, 0.717) is 0 Å². The number of hydrogen-bond acceptors (Lipinski definition) is 3. The zero-order chi connectivity index (χ0) is 13.2. The smallest absolute Gasteiger partial charge is 0.151 e. The summed E-state index contributed by atoms with van der Waals surface area (Å²) in [6.45, 7) is 5.70. The summed E-state index contributed by atoms with van der Waals surface area (Å²) in [5, 5.41) is 0. The van der Waals surface area contributed by atoms with Crippen molar-refractivity contribution >= 4 is 5.78 Å². The van der Waals surface area contributed by atoms with E-state index in [1.165, 1.54) is 11.1 Å². The summed E-state index contributed by atoms with van der Waals surface area (Å²) < 4.78 is 5.38. The van der Waals surface area contributed by atoms with Gasteiger partial charge in [-0.15, -0.1) is 0 Å². The Hall–Kier alpha value is -1.35. The number of rotatable bonds is 4. The number of methoxy groups -OCH3 is 1. The summed E-state index contributed by atoms with van der Waals surface area (Å²) in [4.78, 5) is 13.7. The van der Waals surface area contributed by atoms with E-state index in [2.05, 4.69) is 0 Å². The number of nitrogens with zero attached hydrogens (tertiary/aromatic N) is 1. The zero-order valence-electron chi connectivity index (χ0n) is 11.5. The molecule has 0 aliphatic rings. The molecule has 0 heterocycles. The Morgan fingerprint density at radius 1 is 1.24 bits per heavy atom. The molecule has 0 saturated carbocycles. The van der Waals surface area contributed by atoms with Crippen molar-refractivity contribution in [1.82, 2.24) is 4.90 Å². The molecule has 1 rings (SSSR count). The summed E-state index contributed by atoms with van der Waals surface area (Å²) in [5.41, 5.74) is 3.29. The van der Waals surface area contributed by atoms with Gasteiger partial charge in [-0.3, -0.25) is 9.69 Å². The van der Waals surface area contributed by atoms with E-state index in [4.69, 9.17) is 4.74 Å². The van der Waals surface area contributed by atoms with Crippen molar-refractivity contribution in [3.8, 4) is 5.75 Å². The van der Waals surface area contributed by atoms with Crippen LogP contribution >= 0.6 is 0 Å². The number of hydrogen-bond donors (Lipinski definition) is 0. The molecular weight excluding hydrogens is 214 g/mol. The molecule has 0 saturated heterocycles. The van der Waals surface area contributed by atoms with Gasteiger partial charge < -0.3 is 4.74 Å². The quantitative estimate of drug-likeness (QED) is 0.803. The Morgan fingerprint density at radius 3 is 2.18 bits per heavy atom. The minimum Gasteiger partial charge on any atom is -0.496 e. The molecule has 0 bridgehead atoms. The molecule has 3 heteroatoms. The fraction of sp³-hybridized carbons (Fsp3) is 0.500. The number of ketones is 1. The van der Waals surface area contributed by atoms with E-state index in [-0.39, 0.29) is 11.8 Å². The predicted octanol–water partition coefficient (Wildman–Crippen LogP) is 2.50. The molecule has 1 atom stereocenters. The van der Waals surface area contributed by atoms with Crippen LogP contribution in [0.15, 0.2) is 12.1 Å². The summed E-state index contributed by atoms with van der Waals surface area (Å²) in [6.07, 6.45) is 0. The molecule has 1 unspecified atom stereocenters. The van der Waals surface area contributed by atoms with Crippen LogP contribution in [0.2, 0.25) is 0 Å². The Bertz CT molecular complexity index is 424. The highest BCUT2D eigenvalue weighted by Crippen LogP contribution is 2.31. The standard InChI is InChI=1S/C14H21NO2/c1-9-7-12(13(17-6)8-10(9)2)14(11(3)16)15(4)5/h7-8,14H,1-6H3. The van der Waals surface area contributed by atoms with Crippen LogP contribution in [0.5, 0.6) is 5.75 Å². The predicted molar refractivity (Wildman–Crippen MR) is 69.6 cm³/mol. The van der Waals surface area contributed by atoms with E-state index in [1.807, 2.05) is 45.0 Å². The summed E-state index contributed by atoms with van der Waals surface area (Å²) in [7, 11) is 5.45. The normalized spacial score (nSPS) is 12.6. The average molecular weight is 235 g/mol. The highest BCUT2D eigenvalue weighted by Gasteiger charge is 2.23. The summed E-state index contributed by atoms with van der Waals surface area (Å²) in [5.74, 6) is 0.901. The van der Waals surface area contributed by atoms with Crippen LogP contribution in [-0.2, 0) is 4.79 Å². The van der Waals surface area contributed by atoms with E-state index in [9.17, 15) is 4.79 Å². The first-order valence-electron chi connectivity index (χ1n) is 5.70. The molecule has 0 radical (unpaired) electrons. The lowest BCUT2D eigenvalue weighted by Gasteiger charge is -2.24. The fourth-order valence-electron chi connectivity index (χ4n) is 2.06. The lowest BCUT2D eigenvalue weighted by molar-refractivity contribution is -0.121. The van der Waals surface area contributed by atoms with Gasteiger partial charge in [0.15, 0.2) is 5.78 Å². The van der Waals surface area contributed by atoms with Crippen LogP contribution in [0.1, 0.15) is 29.7 Å². The minimum atomic E-state index is -0.246. The third-order valence-corrected chi connectivity index (χ3v) is 3.04. The maximum absolute atomic E-state index is 11.8. The number of ether oxygens (including phenoxy) is 1. The molecule has 3 nitrogen and oxygen atoms in total. The second-order valence-electron chi connectivity index (χ2n) is 4.66. The molecule has 0 aliphatic heterocycles. The van der Waals surface area contributed by atoms with Crippen molar-refractivity contribution < 1.29 is 9.53 Å². The summed E-state index contributed by atoms with van der Waals surface area (Å²) >= 11 is 0. The lowest BCUT2D eigenvalue weighted by Crippen LogP contribution is -2.26. The molecule has 1 aromatic carbocycles.